The second kappa shape index (κ2) is 7.26. The molecule has 7 heteroatoms. The Hall–Kier alpha value is -3.48. The third kappa shape index (κ3) is 2.94. The molecule has 1 atom stereocenters. The number of methoxy groups -OCH3 is 2. The molecule has 0 spiro atoms. The molecule has 1 aromatic heterocycles. The average Bonchev–Trinajstić information content (AvgIpc) is 3.30. The molecule has 1 aliphatic heterocycles. The third-order valence-electron chi connectivity index (χ3n) is 4.77. The lowest BCUT2D eigenvalue weighted by molar-refractivity contribution is 0.0955. The zero-order valence-electron chi connectivity index (χ0n) is 15.9. The van der Waals surface area contributed by atoms with Gasteiger partial charge in [0, 0.05) is 11.1 Å². The quantitative estimate of drug-likeness (QED) is 0.686. The maximum atomic E-state index is 12.5. The Bertz CT molecular complexity index is 1010. The smallest absolute Gasteiger partial charge is 0.270 e. The minimum atomic E-state index is -0.331. The lowest BCUT2D eigenvalue weighted by atomic mass is 9.96. The van der Waals surface area contributed by atoms with Crippen LogP contribution in [0.3, 0.4) is 0 Å². The van der Waals surface area contributed by atoms with Gasteiger partial charge in [0.25, 0.3) is 5.91 Å². The summed E-state index contributed by atoms with van der Waals surface area (Å²) in [7, 11) is 3.18. The number of carbonyl (C=O) groups excluding carboxylic acids is 1. The van der Waals surface area contributed by atoms with Gasteiger partial charge in [-0.05, 0) is 48.9 Å². The van der Waals surface area contributed by atoms with Crippen molar-refractivity contribution < 1.29 is 19.0 Å². The molecule has 0 radical (unpaired) electrons. The number of amides is 1. The number of hydrogen-bond acceptors (Lipinski definition) is 5. The number of H-pyrrole nitrogens is 1. The molecule has 28 heavy (non-hydrogen) atoms. The Morgan fingerprint density at radius 2 is 1.79 bits per heavy atom. The van der Waals surface area contributed by atoms with Crippen LogP contribution in [0.2, 0.25) is 0 Å². The zero-order valence-corrected chi connectivity index (χ0v) is 15.9. The van der Waals surface area contributed by atoms with E-state index in [9.17, 15) is 4.79 Å². The Morgan fingerprint density at radius 1 is 1.04 bits per heavy atom. The number of hydrogen-bond donors (Lipinski definition) is 2. The number of carbonyl (C=O) groups is 1. The van der Waals surface area contributed by atoms with E-state index in [4.69, 9.17) is 14.2 Å². The van der Waals surface area contributed by atoms with E-state index < -0.39 is 0 Å². The highest BCUT2D eigenvalue weighted by Gasteiger charge is 2.35. The second-order valence-electron chi connectivity index (χ2n) is 6.34. The van der Waals surface area contributed by atoms with Crippen LogP contribution in [-0.2, 0) is 0 Å². The van der Waals surface area contributed by atoms with Gasteiger partial charge in [0.2, 0.25) is 0 Å². The fourth-order valence-corrected chi connectivity index (χ4v) is 3.46. The fraction of sp³-hybridized carbons (Fsp3) is 0.238. The van der Waals surface area contributed by atoms with Crippen molar-refractivity contribution in [2.75, 3.05) is 20.8 Å². The summed E-state index contributed by atoms with van der Waals surface area (Å²) in [6.07, 6.45) is 0. The molecule has 2 N–H and O–H groups in total. The van der Waals surface area contributed by atoms with E-state index in [1.54, 1.807) is 14.2 Å². The predicted octanol–water partition coefficient (Wildman–Crippen LogP) is 3.33. The topological polar surface area (TPSA) is 85.5 Å². The van der Waals surface area contributed by atoms with Crippen LogP contribution in [0.15, 0.2) is 42.5 Å². The van der Waals surface area contributed by atoms with Gasteiger partial charge < -0.3 is 19.5 Å². The number of rotatable bonds is 6. The van der Waals surface area contributed by atoms with Gasteiger partial charge >= 0.3 is 0 Å². The standard InChI is InChI=1S/C21H21N3O4/c1-4-28-14-8-5-12(6-9-14)19-17-18(22-21(25)20(17)24-23-19)13-7-10-15(26-2)16(11-13)27-3/h5-11,18H,4H2,1-3H3,(H,22,25)(H,23,24)/t18-/m0/s1. The van der Waals surface area contributed by atoms with Crippen molar-refractivity contribution >= 4 is 5.91 Å². The number of benzene rings is 2. The van der Waals surface area contributed by atoms with Crippen molar-refractivity contribution in [2.45, 2.75) is 13.0 Å². The highest BCUT2D eigenvalue weighted by molar-refractivity contribution is 6.00. The van der Waals surface area contributed by atoms with Gasteiger partial charge in [0.1, 0.15) is 11.4 Å². The van der Waals surface area contributed by atoms with Gasteiger partial charge in [-0.2, -0.15) is 5.10 Å². The van der Waals surface area contributed by atoms with Crippen LogP contribution in [0, 0.1) is 0 Å². The maximum Gasteiger partial charge on any atom is 0.270 e. The number of aromatic amines is 1. The normalized spacial score (nSPS) is 15.1. The fourth-order valence-electron chi connectivity index (χ4n) is 3.46. The lowest BCUT2D eigenvalue weighted by Gasteiger charge is -2.16. The van der Waals surface area contributed by atoms with E-state index >= 15 is 0 Å². The molecule has 1 aliphatic rings. The van der Waals surface area contributed by atoms with Crippen LogP contribution >= 0.6 is 0 Å². The van der Waals surface area contributed by atoms with E-state index in [-0.39, 0.29) is 11.9 Å². The minimum Gasteiger partial charge on any atom is -0.494 e. The molecule has 144 valence electrons. The predicted molar refractivity (Wildman–Crippen MR) is 104 cm³/mol. The largest absolute Gasteiger partial charge is 0.494 e. The van der Waals surface area contributed by atoms with Gasteiger partial charge in [0.15, 0.2) is 11.5 Å². The molecular formula is C21H21N3O4. The molecule has 2 aromatic carbocycles. The van der Waals surface area contributed by atoms with Crippen molar-refractivity contribution in [1.29, 1.82) is 0 Å². The summed E-state index contributed by atoms with van der Waals surface area (Å²) < 4.78 is 16.2. The average molecular weight is 379 g/mol. The summed E-state index contributed by atoms with van der Waals surface area (Å²) >= 11 is 0. The lowest BCUT2D eigenvalue weighted by Crippen LogP contribution is -2.21. The summed E-state index contributed by atoms with van der Waals surface area (Å²) in [6, 6.07) is 13.0. The Balaban J connectivity index is 1.76. The molecule has 0 bridgehead atoms. The van der Waals surface area contributed by atoms with E-state index in [1.807, 2.05) is 49.4 Å². The number of nitrogens with zero attached hydrogens (tertiary/aromatic N) is 1. The van der Waals surface area contributed by atoms with E-state index in [0.717, 1.165) is 28.1 Å². The number of ether oxygens (including phenoxy) is 3. The summed E-state index contributed by atoms with van der Waals surface area (Å²) in [4.78, 5) is 12.5. The molecule has 0 aliphatic carbocycles. The summed E-state index contributed by atoms with van der Waals surface area (Å²) in [6.45, 7) is 2.55. The molecular weight excluding hydrogens is 358 g/mol. The minimum absolute atomic E-state index is 0.181. The first kappa shape index (κ1) is 17.9. The first-order valence-electron chi connectivity index (χ1n) is 9.00. The molecule has 1 amide bonds. The molecule has 0 saturated carbocycles. The van der Waals surface area contributed by atoms with E-state index in [1.165, 1.54) is 0 Å². The molecule has 3 aromatic rings. The molecule has 0 unspecified atom stereocenters. The van der Waals surface area contributed by atoms with Gasteiger partial charge in [-0.1, -0.05) is 6.07 Å². The van der Waals surface area contributed by atoms with Crippen LogP contribution in [-0.4, -0.2) is 36.9 Å². The van der Waals surface area contributed by atoms with Gasteiger partial charge in [-0.25, -0.2) is 0 Å². The number of nitrogens with one attached hydrogen (secondary N) is 2. The summed E-state index contributed by atoms with van der Waals surface area (Å²) in [5.41, 5.74) is 3.82. The Morgan fingerprint density at radius 3 is 2.46 bits per heavy atom. The first-order chi connectivity index (χ1) is 13.7. The van der Waals surface area contributed by atoms with E-state index in [2.05, 4.69) is 15.5 Å². The molecule has 4 rings (SSSR count). The highest BCUT2D eigenvalue weighted by Crippen LogP contribution is 2.39. The van der Waals surface area contributed by atoms with Crippen molar-refractivity contribution in [3.05, 3.63) is 59.3 Å². The van der Waals surface area contributed by atoms with Crippen LogP contribution in [0.4, 0.5) is 0 Å². The van der Waals surface area contributed by atoms with Crippen molar-refractivity contribution in [3.8, 4) is 28.5 Å². The van der Waals surface area contributed by atoms with Crippen LogP contribution in [0.5, 0.6) is 17.2 Å². The van der Waals surface area contributed by atoms with E-state index in [0.29, 0.717) is 23.8 Å². The molecule has 0 fully saturated rings. The molecule has 7 nitrogen and oxygen atoms in total. The highest BCUT2D eigenvalue weighted by atomic mass is 16.5. The SMILES string of the molecule is CCOc1ccc(-c2n[nH]c3c2[C@H](c2ccc(OC)c(OC)c2)NC3=O)cc1. The maximum absolute atomic E-state index is 12.5. The molecule has 0 saturated heterocycles. The van der Waals surface area contributed by atoms with Gasteiger partial charge in [-0.3, -0.25) is 9.89 Å². The second-order valence-corrected chi connectivity index (χ2v) is 6.34. The third-order valence-corrected chi connectivity index (χ3v) is 4.77. The number of aromatic nitrogens is 2. The summed E-state index contributed by atoms with van der Waals surface area (Å²) in [5, 5.41) is 10.3. The number of fused-ring (bicyclic) bond motifs is 1. The Labute approximate surface area is 162 Å². The van der Waals surface area contributed by atoms with Crippen molar-refractivity contribution in [3.63, 3.8) is 0 Å². The van der Waals surface area contributed by atoms with Crippen LogP contribution < -0.4 is 19.5 Å². The molecule has 2 heterocycles. The monoisotopic (exact) mass is 379 g/mol. The van der Waals surface area contributed by atoms with Gasteiger partial charge in [0.05, 0.1) is 32.6 Å². The van der Waals surface area contributed by atoms with Gasteiger partial charge in [-0.15, -0.1) is 0 Å². The first-order valence-corrected chi connectivity index (χ1v) is 9.00. The van der Waals surface area contributed by atoms with Crippen molar-refractivity contribution in [1.82, 2.24) is 15.5 Å². The zero-order chi connectivity index (χ0) is 19.7. The van der Waals surface area contributed by atoms with Crippen molar-refractivity contribution in [2.24, 2.45) is 0 Å². The summed E-state index contributed by atoms with van der Waals surface area (Å²) in [5.74, 6) is 1.85. The van der Waals surface area contributed by atoms with Crippen LogP contribution in [0.1, 0.15) is 34.6 Å². The Kier molecular flexibility index (Phi) is 4.65. The van der Waals surface area contributed by atoms with Crippen LogP contribution in [0.25, 0.3) is 11.3 Å².